The minimum absolute atomic E-state index is 0.170. The third-order valence-corrected chi connectivity index (χ3v) is 4.66. The third kappa shape index (κ3) is 3.88. The van der Waals surface area contributed by atoms with Crippen LogP contribution in [0.5, 0.6) is 0 Å². The zero-order chi connectivity index (χ0) is 19.5. The molecule has 0 amide bonds. The maximum absolute atomic E-state index is 10.2. The summed E-state index contributed by atoms with van der Waals surface area (Å²) in [5, 5.41) is 48.9. The van der Waals surface area contributed by atoms with Crippen molar-refractivity contribution in [2.45, 2.75) is 54.8 Å². The van der Waals surface area contributed by atoms with Crippen LogP contribution in [0.15, 0.2) is 0 Å². The Bertz CT molecular complexity index is 436. The maximum atomic E-state index is 10.2. The highest BCUT2D eigenvalue weighted by Crippen LogP contribution is 2.39. The molecule has 0 spiro atoms. The summed E-state index contributed by atoms with van der Waals surface area (Å²) in [6.07, 6.45) is -9.74. The van der Waals surface area contributed by atoms with Gasteiger partial charge in [-0.25, -0.2) is 0 Å². The van der Waals surface area contributed by atoms with Crippen LogP contribution in [0, 0.1) is 0 Å². The van der Waals surface area contributed by atoms with Gasteiger partial charge < -0.3 is 54.0 Å². The molecule has 0 saturated carbocycles. The largest absolute Gasteiger partial charge is 0.394 e. The number of hydrogen-bond donors (Lipinski definition) is 5. The van der Waals surface area contributed by atoms with E-state index >= 15 is 0 Å². The van der Waals surface area contributed by atoms with E-state index < -0.39 is 61.4 Å². The molecule has 5 N–H and O–H groups in total. The Morgan fingerprint density at radius 1 is 0.885 bits per heavy atom. The molecule has 2 heterocycles. The van der Waals surface area contributed by atoms with Crippen LogP contribution in [0.3, 0.4) is 0 Å². The summed E-state index contributed by atoms with van der Waals surface area (Å²) in [6, 6.07) is 0. The quantitative estimate of drug-likeness (QED) is 0.284. The lowest BCUT2D eigenvalue weighted by molar-refractivity contribution is -0.385. The number of rotatable bonds is 8. The molecule has 0 aliphatic carbocycles. The molecule has 2 aliphatic heterocycles. The molecule has 2 fully saturated rings. The van der Waals surface area contributed by atoms with E-state index in [0.717, 1.165) is 0 Å². The molecule has 9 atom stereocenters. The van der Waals surface area contributed by atoms with Gasteiger partial charge >= 0.3 is 0 Å². The van der Waals surface area contributed by atoms with E-state index in [1.165, 1.54) is 21.3 Å². The van der Waals surface area contributed by atoms with Crippen molar-refractivity contribution < 1.29 is 54.0 Å². The molecule has 2 saturated heterocycles. The van der Waals surface area contributed by atoms with Gasteiger partial charge in [-0.1, -0.05) is 0 Å². The molecular weight excluding hydrogens is 356 g/mol. The third-order valence-electron chi connectivity index (χ3n) is 4.66. The maximum Gasteiger partial charge on any atom is 0.224 e. The molecule has 26 heavy (non-hydrogen) atoms. The lowest BCUT2D eigenvalue weighted by Gasteiger charge is -2.44. The van der Waals surface area contributed by atoms with Crippen LogP contribution >= 0.6 is 0 Å². The van der Waals surface area contributed by atoms with Gasteiger partial charge in [0.05, 0.1) is 13.2 Å². The van der Waals surface area contributed by atoms with Crippen molar-refractivity contribution in [1.82, 2.24) is 0 Å². The lowest BCUT2D eigenvalue weighted by Crippen LogP contribution is -2.63. The summed E-state index contributed by atoms with van der Waals surface area (Å²) in [4.78, 5) is 0. The van der Waals surface area contributed by atoms with Gasteiger partial charge in [-0.05, 0) is 0 Å². The van der Waals surface area contributed by atoms with E-state index in [9.17, 15) is 25.5 Å². The summed E-state index contributed by atoms with van der Waals surface area (Å²) >= 11 is 0. The fourth-order valence-electron chi connectivity index (χ4n) is 3.37. The summed E-state index contributed by atoms with van der Waals surface area (Å²) < 4.78 is 32.9. The summed E-state index contributed by atoms with van der Waals surface area (Å²) in [6.45, 7) is -1.16. The van der Waals surface area contributed by atoms with Crippen molar-refractivity contribution in [3.8, 4) is 0 Å². The number of ether oxygens (including phenoxy) is 6. The first kappa shape index (κ1) is 21.9. The number of methoxy groups -OCH3 is 3. The monoisotopic (exact) mass is 384 g/mol. The number of aliphatic hydroxyl groups excluding tert-OH is 5. The molecular formula is C15H28O11. The van der Waals surface area contributed by atoms with Gasteiger partial charge in [0.2, 0.25) is 5.79 Å². The second-order valence-corrected chi connectivity index (χ2v) is 6.26. The summed E-state index contributed by atoms with van der Waals surface area (Å²) in [7, 11) is 4.20. The Kier molecular flexibility index (Phi) is 7.71. The highest BCUT2D eigenvalue weighted by molar-refractivity contribution is 5.00. The molecule has 0 bridgehead atoms. The van der Waals surface area contributed by atoms with Crippen LogP contribution in [-0.2, 0) is 28.4 Å². The van der Waals surface area contributed by atoms with Crippen molar-refractivity contribution in [2.75, 3.05) is 41.2 Å². The predicted octanol–water partition coefficient (Wildman–Crippen LogP) is -3.43. The van der Waals surface area contributed by atoms with Crippen LogP contribution in [0.25, 0.3) is 0 Å². The molecule has 2 rings (SSSR count). The van der Waals surface area contributed by atoms with Gasteiger partial charge in [-0.3, -0.25) is 0 Å². The van der Waals surface area contributed by atoms with Crippen LogP contribution < -0.4 is 0 Å². The molecule has 0 aromatic heterocycles. The van der Waals surface area contributed by atoms with Gasteiger partial charge in [0, 0.05) is 21.3 Å². The van der Waals surface area contributed by atoms with Crippen molar-refractivity contribution in [2.24, 2.45) is 0 Å². The van der Waals surface area contributed by atoms with Gasteiger partial charge in [-0.2, -0.15) is 0 Å². The fraction of sp³-hybridized carbons (Fsp3) is 1.00. The predicted molar refractivity (Wildman–Crippen MR) is 83.0 cm³/mol. The molecule has 0 radical (unpaired) electrons. The first-order valence-corrected chi connectivity index (χ1v) is 8.20. The van der Waals surface area contributed by atoms with Crippen molar-refractivity contribution >= 4 is 0 Å². The Labute approximate surface area is 150 Å². The van der Waals surface area contributed by atoms with Gasteiger partial charge in [0.15, 0.2) is 6.29 Å². The smallest absolute Gasteiger partial charge is 0.224 e. The SMILES string of the molecule is COC[C@@]1(O[C@H]2O[C@H](CO)[C@@H](O)[C@H](O)[C@H]2O)O[C@H](CO)[C@@H](OC)[C@@H]1OC. The highest BCUT2D eigenvalue weighted by Gasteiger charge is 2.60. The Balaban J connectivity index is 2.28. The zero-order valence-electron chi connectivity index (χ0n) is 14.9. The minimum Gasteiger partial charge on any atom is -0.394 e. The Morgan fingerprint density at radius 2 is 1.54 bits per heavy atom. The Morgan fingerprint density at radius 3 is 2.04 bits per heavy atom. The first-order chi connectivity index (χ1) is 12.4. The van der Waals surface area contributed by atoms with E-state index in [0.29, 0.717) is 0 Å². The van der Waals surface area contributed by atoms with E-state index in [1.807, 2.05) is 0 Å². The average Bonchev–Trinajstić information content (AvgIpc) is 2.94. The molecule has 2 aliphatic rings. The van der Waals surface area contributed by atoms with E-state index in [4.69, 9.17) is 28.4 Å². The zero-order valence-corrected chi connectivity index (χ0v) is 14.9. The molecule has 11 heteroatoms. The molecule has 0 aromatic rings. The van der Waals surface area contributed by atoms with Crippen molar-refractivity contribution in [3.63, 3.8) is 0 Å². The second kappa shape index (κ2) is 9.17. The van der Waals surface area contributed by atoms with E-state index in [1.54, 1.807) is 0 Å². The lowest BCUT2D eigenvalue weighted by atomic mass is 9.99. The van der Waals surface area contributed by atoms with Gasteiger partial charge in [0.25, 0.3) is 0 Å². The molecule has 0 aromatic carbocycles. The minimum atomic E-state index is -1.63. The normalized spacial score (nSPS) is 46.6. The second-order valence-electron chi connectivity index (χ2n) is 6.26. The molecule has 0 unspecified atom stereocenters. The standard InChI is InChI=1S/C15H28O11/c1-21-6-15(13(23-3)12(22-2)8(5-17)25-15)26-14-11(20)10(19)9(18)7(4-16)24-14/h7-14,16-20H,4-6H2,1-3H3/t7-,8-,9-,10+,11-,12-,13+,14-,15+/m1/s1. The Hall–Kier alpha value is -0.440. The number of hydrogen-bond acceptors (Lipinski definition) is 11. The molecule has 11 nitrogen and oxygen atoms in total. The summed E-state index contributed by atoms with van der Waals surface area (Å²) in [5.41, 5.74) is 0. The fourth-order valence-corrected chi connectivity index (χ4v) is 3.37. The van der Waals surface area contributed by atoms with Crippen LogP contribution in [0.2, 0.25) is 0 Å². The van der Waals surface area contributed by atoms with Gasteiger partial charge in [0.1, 0.15) is 49.3 Å². The van der Waals surface area contributed by atoms with E-state index in [-0.39, 0.29) is 13.2 Å². The van der Waals surface area contributed by atoms with Gasteiger partial charge in [-0.15, -0.1) is 0 Å². The van der Waals surface area contributed by atoms with Crippen LogP contribution in [0.4, 0.5) is 0 Å². The van der Waals surface area contributed by atoms with E-state index in [2.05, 4.69) is 0 Å². The summed E-state index contributed by atoms with van der Waals surface area (Å²) in [5.74, 6) is -1.63. The van der Waals surface area contributed by atoms with Crippen LogP contribution in [0.1, 0.15) is 0 Å². The average molecular weight is 384 g/mol. The molecule has 154 valence electrons. The number of aliphatic hydroxyl groups is 5. The topological polar surface area (TPSA) is 157 Å². The van der Waals surface area contributed by atoms with Crippen molar-refractivity contribution in [3.05, 3.63) is 0 Å². The van der Waals surface area contributed by atoms with Crippen LogP contribution in [-0.4, -0.2) is 121 Å². The van der Waals surface area contributed by atoms with Crippen molar-refractivity contribution in [1.29, 1.82) is 0 Å². The first-order valence-electron chi connectivity index (χ1n) is 8.20. The highest BCUT2D eigenvalue weighted by atomic mass is 16.8.